The summed E-state index contributed by atoms with van der Waals surface area (Å²) in [6.45, 7) is 3.85. The smallest absolute Gasteiger partial charge is 0.325 e. The van der Waals surface area contributed by atoms with Gasteiger partial charge in [0, 0.05) is 30.0 Å². The molecule has 8 nitrogen and oxygen atoms in total. The van der Waals surface area contributed by atoms with Crippen molar-refractivity contribution in [2.75, 3.05) is 5.32 Å². The molecule has 0 atom stereocenters. The first-order chi connectivity index (χ1) is 10.7. The molecule has 124 valence electrons. The van der Waals surface area contributed by atoms with Crippen LogP contribution in [0.15, 0.2) is 34.0 Å². The third kappa shape index (κ3) is 4.08. The van der Waals surface area contributed by atoms with Crippen molar-refractivity contribution in [3.8, 4) is 0 Å². The van der Waals surface area contributed by atoms with Gasteiger partial charge in [0.05, 0.1) is 4.90 Å². The summed E-state index contributed by atoms with van der Waals surface area (Å²) in [4.78, 5) is 26.2. The molecule has 1 aromatic carbocycles. The average Bonchev–Trinajstić information content (AvgIpc) is 2.70. The molecule has 1 heterocycles. The summed E-state index contributed by atoms with van der Waals surface area (Å²) < 4.78 is 23.8. The lowest BCUT2D eigenvalue weighted by atomic mass is 10.3. The highest BCUT2D eigenvalue weighted by atomic mass is 32.2. The van der Waals surface area contributed by atoms with E-state index in [-0.39, 0.29) is 29.5 Å². The molecule has 4 N–H and O–H groups in total. The van der Waals surface area contributed by atoms with Crippen LogP contribution in [0.5, 0.6) is 0 Å². The van der Waals surface area contributed by atoms with Crippen molar-refractivity contribution in [3.63, 3.8) is 0 Å². The van der Waals surface area contributed by atoms with Gasteiger partial charge in [-0.05, 0) is 38.1 Å². The van der Waals surface area contributed by atoms with Gasteiger partial charge in [0.2, 0.25) is 15.9 Å². The lowest BCUT2D eigenvalue weighted by Gasteiger charge is -2.07. The fourth-order valence-corrected chi connectivity index (χ4v) is 2.62. The Kier molecular flexibility index (Phi) is 4.71. The number of anilines is 1. The summed E-state index contributed by atoms with van der Waals surface area (Å²) in [5.41, 5.74) is 1.77. The van der Waals surface area contributed by atoms with Gasteiger partial charge in [0.15, 0.2) is 0 Å². The number of imidazole rings is 1. The molecule has 0 aliphatic rings. The van der Waals surface area contributed by atoms with Crippen LogP contribution in [-0.4, -0.2) is 23.9 Å². The van der Waals surface area contributed by atoms with Crippen LogP contribution >= 0.6 is 0 Å². The molecule has 23 heavy (non-hydrogen) atoms. The van der Waals surface area contributed by atoms with E-state index in [2.05, 4.69) is 10.3 Å². The minimum Gasteiger partial charge on any atom is -0.326 e. The topological polar surface area (TPSA) is 127 Å². The van der Waals surface area contributed by atoms with Crippen LogP contribution < -0.4 is 16.1 Å². The third-order valence-corrected chi connectivity index (χ3v) is 4.45. The SMILES string of the molecule is Cc1[nH]c(=O)n(CCC(=O)Nc2ccc(S(N)(=O)=O)cc2)c1C. The number of aromatic nitrogens is 2. The van der Waals surface area contributed by atoms with Crippen LogP contribution in [0.25, 0.3) is 0 Å². The Hall–Kier alpha value is -2.39. The lowest BCUT2D eigenvalue weighted by Crippen LogP contribution is -2.22. The molecule has 0 aliphatic heterocycles. The highest BCUT2D eigenvalue weighted by molar-refractivity contribution is 7.89. The molecule has 0 saturated heterocycles. The van der Waals surface area contributed by atoms with Crippen LogP contribution in [0.3, 0.4) is 0 Å². The summed E-state index contributed by atoms with van der Waals surface area (Å²) in [5, 5.41) is 7.64. The van der Waals surface area contributed by atoms with Crippen LogP contribution in [-0.2, 0) is 21.4 Å². The van der Waals surface area contributed by atoms with Crippen LogP contribution in [0, 0.1) is 13.8 Å². The molecular formula is C14H18N4O4S. The van der Waals surface area contributed by atoms with E-state index in [1.165, 1.54) is 28.8 Å². The van der Waals surface area contributed by atoms with Gasteiger partial charge < -0.3 is 10.3 Å². The van der Waals surface area contributed by atoms with Crippen molar-refractivity contribution in [1.82, 2.24) is 9.55 Å². The second-order valence-corrected chi connectivity index (χ2v) is 6.72. The second-order valence-electron chi connectivity index (χ2n) is 5.16. The van der Waals surface area contributed by atoms with Crippen LogP contribution in [0.4, 0.5) is 5.69 Å². The zero-order chi connectivity index (χ0) is 17.2. The van der Waals surface area contributed by atoms with Crippen molar-refractivity contribution >= 4 is 21.6 Å². The number of rotatable bonds is 5. The fraction of sp³-hybridized carbons (Fsp3) is 0.286. The minimum atomic E-state index is -3.76. The van der Waals surface area contributed by atoms with Crippen molar-refractivity contribution in [2.45, 2.75) is 31.7 Å². The number of aryl methyl sites for hydroxylation is 1. The number of amides is 1. The average molecular weight is 338 g/mol. The summed E-state index contributed by atoms with van der Waals surface area (Å²) in [7, 11) is -3.76. The molecule has 9 heteroatoms. The first-order valence-electron chi connectivity index (χ1n) is 6.87. The van der Waals surface area contributed by atoms with Crippen molar-refractivity contribution in [3.05, 3.63) is 46.1 Å². The van der Waals surface area contributed by atoms with Gasteiger partial charge in [-0.3, -0.25) is 9.36 Å². The molecule has 2 rings (SSSR count). The molecule has 0 saturated carbocycles. The highest BCUT2D eigenvalue weighted by Gasteiger charge is 2.10. The molecule has 1 aromatic heterocycles. The van der Waals surface area contributed by atoms with E-state index in [0.717, 1.165) is 11.4 Å². The van der Waals surface area contributed by atoms with Crippen LogP contribution in [0.2, 0.25) is 0 Å². The maximum atomic E-state index is 11.9. The summed E-state index contributed by atoms with van der Waals surface area (Å²) in [6, 6.07) is 5.54. The molecular weight excluding hydrogens is 320 g/mol. The van der Waals surface area contributed by atoms with Gasteiger partial charge >= 0.3 is 5.69 Å². The van der Waals surface area contributed by atoms with E-state index in [0.29, 0.717) is 5.69 Å². The zero-order valence-corrected chi connectivity index (χ0v) is 13.6. The maximum absolute atomic E-state index is 11.9. The van der Waals surface area contributed by atoms with E-state index in [9.17, 15) is 18.0 Å². The standard InChI is InChI=1S/C14H18N4O4S/c1-9-10(2)18(14(20)16-9)8-7-13(19)17-11-3-5-12(6-4-11)23(15,21)22/h3-6H,7-8H2,1-2H3,(H,16,20)(H,17,19)(H2,15,21,22). The molecule has 0 unspecified atom stereocenters. The Bertz CT molecular complexity index is 878. The Morgan fingerprint density at radius 3 is 2.35 bits per heavy atom. The summed E-state index contributed by atoms with van der Waals surface area (Å²) >= 11 is 0. The Morgan fingerprint density at radius 2 is 1.87 bits per heavy atom. The number of aromatic amines is 1. The predicted molar refractivity (Wildman–Crippen MR) is 85.6 cm³/mol. The zero-order valence-electron chi connectivity index (χ0n) is 12.8. The highest BCUT2D eigenvalue weighted by Crippen LogP contribution is 2.13. The Balaban J connectivity index is 1.99. The fourth-order valence-electron chi connectivity index (χ4n) is 2.11. The monoisotopic (exact) mass is 338 g/mol. The molecule has 1 amide bonds. The van der Waals surface area contributed by atoms with E-state index >= 15 is 0 Å². The molecule has 0 bridgehead atoms. The number of primary sulfonamides is 1. The van der Waals surface area contributed by atoms with E-state index in [4.69, 9.17) is 5.14 Å². The van der Waals surface area contributed by atoms with Gasteiger partial charge in [-0.15, -0.1) is 0 Å². The van der Waals surface area contributed by atoms with E-state index < -0.39 is 10.0 Å². The van der Waals surface area contributed by atoms with Gasteiger partial charge in [-0.1, -0.05) is 0 Å². The molecule has 0 radical (unpaired) electrons. The second kappa shape index (κ2) is 6.39. The summed E-state index contributed by atoms with van der Waals surface area (Å²) in [5.74, 6) is -0.279. The van der Waals surface area contributed by atoms with Crippen molar-refractivity contribution in [2.24, 2.45) is 5.14 Å². The third-order valence-electron chi connectivity index (χ3n) is 3.52. The maximum Gasteiger partial charge on any atom is 0.325 e. The number of nitrogens with two attached hydrogens (primary N) is 1. The van der Waals surface area contributed by atoms with E-state index in [1.54, 1.807) is 13.8 Å². The largest absolute Gasteiger partial charge is 0.326 e. The number of carbonyl (C=O) groups is 1. The van der Waals surface area contributed by atoms with Crippen LogP contribution in [0.1, 0.15) is 17.8 Å². The normalized spacial score (nSPS) is 11.4. The number of H-pyrrole nitrogens is 1. The molecule has 0 fully saturated rings. The number of nitrogens with one attached hydrogen (secondary N) is 2. The summed E-state index contributed by atoms with van der Waals surface area (Å²) in [6.07, 6.45) is 0.120. The van der Waals surface area contributed by atoms with Gasteiger partial charge in [-0.25, -0.2) is 18.4 Å². The van der Waals surface area contributed by atoms with Gasteiger partial charge in [0.1, 0.15) is 0 Å². The lowest BCUT2D eigenvalue weighted by molar-refractivity contribution is -0.116. The number of benzene rings is 1. The van der Waals surface area contributed by atoms with Crippen molar-refractivity contribution in [1.29, 1.82) is 0 Å². The molecule has 0 spiro atoms. The Morgan fingerprint density at radius 1 is 1.26 bits per heavy atom. The number of hydrogen-bond acceptors (Lipinski definition) is 4. The first kappa shape index (κ1) is 17.0. The van der Waals surface area contributed by atoms with Gasteiger partial charge in [0.25, 0.3) is 0 Å². The minimum absolute atomic E-state index is 0.0273. The van der Waals surface area contributed by atoms with Crippen molar-refractivity contribution < 1.29 is 13.2 Å². The number of nitrogens with zero attached hydrogens (tertiary/aromatic N) is 1. The molecule has 0 aliphatic carbocycles. The van der Waals surface area contributed by atoms with Gasteiger partial charge in [-0.2, -0.15) is 0 Å². The van der Waals surface area contributed by atoms with E-state index in [1.807, 2.05) is 0 Å². The number of sulfonamides is 1. The Labute approximate surface area is 133 Å². The quantitative estimate of drug-likeness (QED) is 0.732. The number of hydrogen-bond donors (Lipinski definition) is 3. The first-order valence-corrected chi connectivity index (χ1v) is 8.42. The molecule has 2 aromatic rings. The number of carbonyl (C=O) groups excluding carboxylic acids is 1. The predicted octanol–water partition coefficient (Wildman–Crippen LogP) is 0.469.